The average molecular weight is 413 g/mol. The van der Waals surface area contributed by atoms with Gasteiger partial charge in [0.05, 0.1) is 4.90 Å². The summed E-state index contributed by atoms with van der Waals surface area (Å²) in [6.07, 6.45) is 0.946. The molecule has 0 unspecified atom stereocenters. The highest BCUT2D eigenvalue weighted by Gasteiger charge is 2.20. The third kappa shape index (κ3) is 4.38. The second-order valence-electron chi connectivity index (χ2n) is 6.70. The molecule has 0 aliphatic rings. The van der Waals surface area contributed by atoms with Gasteiger partial charge in [-0.15, -0.1) is 0 Å². The number of carbonyl (C=O) groups is 1. The van der Waals surface area contributed by atoms with Gasteiger partial charge in [0.25, 0.3) is 5.91 Å². The first-order valence-electron chi connectivity index (χ1n) is 9.17. The Hall–Kier alpha value is -2.97. The summed E-state index contributed by atoms with van der Waals surface area (Å²) in [4.78, 5) is 12.7. The third-order valence-corrected chi connectivity index (χ3v) is 6.39. The van der Waals surface area contributed by atoms with Gasteiger partial charge in [-0.3, -0.25) is 10.1 Å². The van der Waals surface area contributed by atoms with Crippen LogP contribution < -0.4 is 10.0 Å². The molecule has 1 aromatic heterocycles. The fourth-order valence-corrected chi connectivity index (χ4v) is 3.98. The number of benzene rings is 2. The van der Waals surface area contributed by atoms with E-state index in [9.17, 15) is 13.2 Å². The molecule has 0 saturated heterocycles. The van der Waals surface area contributed by atoms with Gasteiger partial charge in [-0.1, -0.05) is 36.3 Å². The fourth-order valence-electron chi connectivity index (χ4n) is 2.91. The van der Waals surface area contributed by atoms with Gasteiger partial charge in [-0.05, 0) is 56.1 Å². The van der Waals surface area contributed by atoms with Crippen LogP contribution in [0.15, 0.2) is 51.9 Å². The number of amides is 1. The lowest BCUT2D eigenvalue weighted by Crippen LogP contribution is -2.21. The van der Waals surface area contributed by atoms with Crippen molar-refractivity contribution in [3.8, 4) is 11.3 Å². The number of rotatable bonds is 6. The standard InChI is InChI=1S/C21H23N3O4S/c1-5-15-6-8-16(9-7-15)18-12-20(28-24-18)23-21(25)17-10-13(2)14(3)19(11-17)29(26,27)22-4/h6-12,22H,5H2,1-4H3,(H,23,25). The maximum atomic E-state index is 12.7. The quantitative estimate of drug-likeness (QED) is 0.642. The van der Waals surface area contributed by atoms with Crippen LogP contribution in [0.4, 0.5) is 5.88 Å². The Morgan fingerprint density at radius 2 is 1.79 bits per heavy atom. The smallest absolute Gasteiger partial charge is 0.258 e. The van der Waals surface area contributed by atoms with Gasteiger partial charge in [0.15, 0.2) is 0 Å². The molecule has 0 aliphatic carbocycles. The van der Waals surface area contributed by atoms with E-state index in [2.05, 4.69) is 22.1 Å². The number of aryl methyl sites for hydroxylation is 2. The highest BCUT2D eigenvalue weighted by Crippen LogP contribution is 2.24. The number of carbonyl (C=O) groups excluding carboxylic acids is 1. The molecule has 2 aromatic carbocycles. The topological polar surface area (TPSA) is 101 Å². The molecule has 0 atom stereocenters. The second kappa shape index (κ2) is 8.18. The van der Waals surface area contributed by atoms with Crippen molar-refractivity contribution in [1.82, 2.24) is 9.88 Å². The lowest BCUT2D eigenvalue weighted by atomic mass is 10.1. The predicted octanol–water partition coefficient (Wildman–Crippen LogP) is 3.68. The summed E-state index contributed by atoms with van der Waals surface area (Å²) < 4.78 is 32.0. The van der Waals surface area contributed by atoms with Crippen LogP contribution in [0.5, 0.6) is 0 Å². The molecular formula is C21H23N3O4S. The van der Waals surface area contributed by atoms with Crippen LogP contribution in [0, 0.1) is 13.8 Å². The Morgan fingerprint density at radius 1 is 1.10 bits per heavy atom. The lowest BCUT2D eigenvalue weighted by molar-refractivity contribution is 0.102. The highest BCUT2D eigenvalue weighted by atomic mass is 32.2. The predicted molar refractivity (Wildman–Crippen MR) is 111 cm³/mol. The van der Waals surface area contributed by atoms with Gasteiger partial charge in [0, 0.05) is 17.2 Å². The normalized spacial score (nSPS) is 11.4. The van der Waals surface area contributed by atoms with E-state index >= 15 is 0 Å². The molecule has 0 fully saturated rings. The summed E-state index contributed by atoms with van der Waals surface area (Å²) in [7, 11) is -2.35. The SMILES string of the molecule is CCc1ccc(-c2cc(NC(=O)c3cc(C)c(C)c(S(=O)(=O)NC)c3)on2)cc1. The van der Waals surface area contributed by atoms with Gasteiger partial charge in [0.1, 0.15) is 5.69 Å². The number of hydrogen-bond acceptors (Lipinski definition) is 5. The zero-order valence-electron chi connectivity index (χ0n) is 16.7. The minimum Gasteiger partial charge on any atom is -0.338 e. The van der Waals surface area contributed by atoms with Gasteiger partial charge < -0.3 is 4.52 Å². The molecule has 8 heteroatoms. The molecule has 1 amide bonds. The molecule has 0 spiro atoms. The minimum atomic E-state index is -3.68. The first-order valence-corrected chi connectivity index (χ1v) is 10.7. The summed E-state index contributed by atoms with van der Waals surface area (Å²) in [5, 5.41) is 6.63. The molecule has 7 nitrogen and oxygen atoms in total. The van der Waals surface area contributed by atoms with Crippen LogP contribution >= 0.6 is 0 Å². The van der Waals surface area contributed by atoms with E-state index in [0.717, 1.165) is 12.0 Å². The summed E-state index contributed by atoms with van der Waals surface area (Å²) in [5.74, 6) is -0.300. The molecule has 0 bridgehead atoms. The zero-order chi connectivity index (χ0) is 21.2. The van der Waals surface area contributed by atoms with E-state index in [4.69, 9.17) is 4.52 Å². The van der Waals surface area contributed by atoms with Crippen molar-refractivity contribution in [2.24, 2.45) is 0 Å². The Labute approximate surface area is 170 Å². The highest BCUT2D eigenvalue weighted by molar-refractivity contribution is 7.89. The first-order chi connectivity index (χ1) is 13.7. The Bertz CT molecular complexity index is 1150. The number of sulfonamides is 1. The molecule has 0 saturated carbocycles. The van der Waals surface area contributed by atoms with Crippen molar-refractivity contribution < 1.29 is 17.7 Å². The molecule has 1 heterocycles. The van der Waals surface area contributed by atoms with Crippen LogP contribution in [0.1, 0.15) is 34.0 Å². The first kappa shape index (κ1) is 20.8. The van der Waals surface area contributed by atoms with Gasteiger partial charge in [-0.2, -0.15) is 0 Å². The third-order valence-electron chi connectivity index (χ3n) is 4.84. The molecule has 3 aromatic rings. The number of hydrogen-bond donors (Lipinski definition) is 2. The summed E-state index contributed by atoms with van der Waals surface area (Å²) in [5.41, 5.74) is 4.19. The fraction of sp³-hybridized carbons (Fsp3) is 0.238. The lowest BCUT2D eigenvalue weighted by Gasteiger charge is -2.11. The monoisotopic (exact) mass is 413 g/mol. The molecule has 3 rings (SSSR count). The number of anilines is 1. The largest absolute Gasteiger partial charge is 0.338 e. The number of nitrogens with zero attached hydrogens (tertiary/aromatic N) is 1. The van der Waals surface area contributed by atoms with Crippen molar-refractivity contribution in [2.75, 3.05) is 12.4 Å². The van der Waals surface area contributed by atoms with E-state index in [1.54, 1.807) is 26.0 Å². The maximum Gasteiger partial charge on any atom is 0.258 e. The molecule has 2 N–H and O–H groups in total. The summed E-state index contributed by atoms with van der Waals surface area (Å²) in [6, 6.07) is 12.5. The molecule has 152 valence electrons. The van der Waals surface area contributed by atoms with Crippen LogP contribution in [-0.2, 0) is 16.4 Å². The van der Waals surface area contributed by atoms with E-state index in [1.165, 1.54) is 18.7 Å². The summed E-state index contributed by atoms with van der Waals surface area (Å²) in [6.45, 7) is 5.54. The van der Waals surface area contributed by atoms with Crippen molar-refractivity contribution in [1.29, 1.82) is 0 Å². The van der Waals surface area contributed by atoms with Crippen LogP contribution in [-0.4, -0.2) is 26.5 Å². The van der Waals surface area contributed by atoms with Crippen molar-refractivity contribution in [3.63, 3.8) is 0 Å². The second-order valence-corrected chi connectivity index (χ2v) is 8.56. The van der Waals surface area contributed by atoms with E-state index < -0.39 is 15.9 Å². The molecular weight excluding hydrogens is 390 g/mol. The van der Waals surface area contributed by atoms with Crippen LogP contribution in [0.2, 0.25) is 0 Å². The summed E-state index contributed by atoms with van der Waals surface area (Å²) >= 11 is 0. The van der Waals surface area contributed by atoms with Gasteiger partial charge in [0.2, 0.25) is 15.9 Å². The minimum absolute atomic E-state index is 0.0689. The van der Waals surface area contributed by atoms with Gasteiger partial charge >= 0.3 is 0 Å². The average Bonchev–Trinajstić information content (AvgIpc) is 3.18. The van der Waals surface area contributed by atoms with E-state index in [-0.39, 0.29) is 16.3 Å². The number of aromatic nitrogens is 1. The zero-order valence-corrected chi connectivity index (χ0v) is 17.6. The van der Waals surface area contributed by atoms with Crippen LogP contribution in [0.3, 0.4) is 0 Å². The van der Waals surface area contributed by atoms with Crippen LogP contribution in [0.25, 0.3) is 11.3 Å². The molecule has 0 aliphatic heterocycles. The Kier molecular flexibility index (Phi) is 5.86. The van der Waals surface area contributed by atoms with Crippen molar-refractivity contribution in [3.05, 3.63) is 64.7 Å². The molecule has 29 heavy (non-hydrogen) atoms. The maximum absolute atomic E-state index is 12.7. The Morgan fingerprint density at radius 3 is 2.41 bits per heavy atom. The van der Waals surface area contributed by atoms with Crippen molar-refractivity contribution >= 4 is 21.8 Å². The Balaban J connectivity index is 1.85. The molecule has 0 radical (unpaired) electrons. The van der Waals surface area contributed by atoms with E-state index in [1.807, 2.05) is 24.3 Å². The van der Waals surface area contributed by atoms with Crippen molar-refractivity contribution in [2.45, 2.75) is 32.1 Å². The number of nitrogens with one attached hydrogen (secondary N) is 2. The van der Waals surface area contributed by atoms with E-state index in [0.29, 0.717) is 16.8 Å². The van der Waals surface area contributed by atoms with Gasteiger partial charge in [-0.25, -0.2) is 13.1 Å².